The van der Waals surface area contributed by atoms with Crippen LogP contribution < -0.4 is 15.4 Å². The van der Waals surface area contributed by atoms with E-state index in [-0.39, 0.29) is 24.0 Å². The average Bonchev–Trinajstić information content (AvgIpc) is 2.81. The molecule has 0 aliphatic carbocycles. The highest BCUT2D eigenvalue weighted by Gasteiger charge is 2.32. The van der Waals surface area contributed by atoms with Crippen molar-refractivity contribution in [3.63, 3.8) is 0 Å². The Morgan fingerprint density at radius 2 is 1.39 bits per heavy atom. The molecule has 0 atom stereocenters. The van der Waals surface area contributed by atoms with Gasteiger partial charge in [0.05, 0.1) is 11.8 Å². The Labute approximate surface area is 212 Å². The van der Waals surface area contributed by atoms with Gasteiger partial charge in [0.2, 0.25) is 11.8 Å². The maximum absolute atomic E-state index is 12.9. The number of hydrogen-bond donors (Lipinski definition) is 2. The quantitative estimate of drug-likeness (QED) is 0.307. The number of thioether (sulfide) groups is 1. The summed E-state index contributed by atoms with van der Waals surface area (Å²) in [4.78, 5) is 26.5. The fraction of sp³-hybridized carbons (Fsp3) is 0.259. The van der Waals surface area contributed by atoms with Crippen LogP contribution in [0.25, 0.3) is 0 Å². The number of hydrogen-bond acceptors (Lipinski definition) is 4. The van der Waals surface area contributed by atoms with Gasteiger partial charge in [-0.15, -0.1) is 24.9 Å². The Bertz CT molecular complexity index is 1180. The fourth-order valence-corrected chi connectivity index (χ4v) is 4.05. The van der Waals surface area contributed by atoms with Crippen molar-refractivity contribution in [1.82, 2.24) is 0 Å². The summed E-state index contributed by atoms with van der Waals surface area (Å²) in [5.74, 6) is 0.134. The van der Waals surface area contributed by atoms with E-state index >= 15 is 0 Å². The molecule has 2 amide bonds. The molecule has 0 bridgehead atoms. The smallest absolute Gasteiger partial charge is 0.406 e. The highest BCUT2D eigenvalue weighted by molar-refractivity contribution is 7.99. The second-order valence-electron chi connectivity index (χ2n) is 8.53. The van der Waals surface area contributed by atoms with Gasteiger partial charge in [0.1, 0.15) is 5.75 Å². The van der Waals surface area contributed by atoms with Crippen LogP contribution in [0.1, 0.15) is 31.9 Å². The van der Waals surface area contributed by atoms with Crippen molar-refractivity contribution in [3.8, 4) is 5.75 Å². The zero-order chi connectivity index (χ0) is 26.3. The second-order valence-corrected chi connectivity index (χ2v) is 9.87. The fourth-order valence-electron chi connectivity index (χ4n) is 3.39. The number of amides is 2. The topological polar surface area (TPSA) is 67.4 Å². The summed E-state index contributed by atoms with van der Waals surface area (Å²) in [6.45, 7) is 5.55. The maximum Gasteiger partial charge on any atom is 0.573 e. The normalized spacial score (nSPS) is 11.6. The number of anilines is 2. The molecule has 0 aromatic heterocycles. The number of halogens is 3. The largest absolute Gasteiger partial charge is 0.573 e. The molecule has 3 aromatic carbocycles. The highest BCUT2D eigenvalue weighted by atomic mass is 32.2. The Kier molecular flexibility index (Phi) is 8.68. The molecule has 0 saturated carbocycles. The zero-order valence-electron chi connectivity index (χ0n) is 20.1. The summed E-state index contributed by atoms with van der Waals surface area (Å²) in [5.41, 5.74) is 1.63. The van der Waals surface area contributed by atoms with Crippen molar-refractivity contribution in [2.24, 2.45) is 0 Å². The third-order valence-corrected chi connectivity index (χ3v) is 6.30. The van der Waals surface area contributed by atoms with Crippen molar-refractivity contribution in [3.05, 3.63) is 83.9 Å². The van der Waals surface area contributed by atoms with Crippen molar-refractivity contribution >= 4 is 35.0 Å². The van der Waals surface area contributed by atoms with E-state index in [2.05, 4.69) is 22.3 Å². The van der Waals surface area contributed by atoms with Gasteiger partial charge in [0, 0.05) is 16.3 Å². The van der Waals surface area contributed by atoms with Gasteiger partial charge in [-0.1, -0.05) is 31.2 Å². The van der Waals surface area contributed by atoms with Crippen LogP contribution in [0.3, 0.4) is 0 Å². The van der Waals surface area contributed by atoms with E-state index in [1.807, 2.05) is 24.3 Å². The van der Waals surface area contributed by atoms with Crippen molar-refractivity contribution in [1.29, 1.82) is 0 Å². The standard InChI is InChI=1S/C27H27F3N2O3S/c1-4-36-23-15-5-18(6-16-23)17-24(33)31-20-9-7-19(8-10-20)26(2,3)25(34)32-21-11-13-22(14-12-21)35-27(28,29)30/h5-16H,4,17H2,1-3H3,(H,31,33)(H,32,34). The molecule has 0 heterocycles. The van der Waals surface area contributed by atoms with Crippen LogP contribution >= 0.6 is 11.8 Å². The van der Waals surface area contributed by atoms with Crippen molar-refractivity contribution < 1.29 is 27.5 Å². The second kappa shape index (κ2) is 11.5. The summed E-state index contributed by atoms with van der Waals surface area (Å²) in [5, 5.41) is 5.57. The number of rotatable bonds is 9. The van der Waals surface area contributed by atoms with E-state index < -0.39 is 11.8 Å². The SMILES string of the molecule is CCSc1ccc(CC(=O)Nc2ccc(C(C)(C)C(=O)Nc3ccc(OC(F)(F)F)cc3)cc2)cc1. The van der Waals surface area contributed by atoms with Gasteiger partial charge in [-0.25, -0.2) is 0 Å². The van der Waals surface area contributed by atoms with E-state index in [1.165, 1.54) is 12.1 Å². The van der Waals surface area contributed by atoms with Crippen LogP contribution in [0.4, 0.5) is 24.5 Å². The predicted molar refractivity (Wildman–Crippen MR) is 136 cm³/mol. The molecule has 36 heavy (non-hydrogen) atoms. The third kappa shape index (κ3) is 7.78. The molecule has 0 saturated heterocycles. The van der Waals surface area contributed by atoms with Gasteiger partial charge >= 0.3 is 6.36 Å². The van der Waals surface area contributed by atoms with Crippen LogP contribution in [0.2, 0.25) is 0 Å². The highest BCUT2D eigenvalue weighted by Crippen LogP contribution is 2.28. The van der Waals surface area contributed by atoms with E-state index in [4.69, 9.17) is 0 Å². The number of carbonyl (C=O) groups is 2. The molecule has 0 aliphatic rings. The van der Waals surface area contributed by atoms with E-state index in [0.29, 0.717) is 16.9 Å². The van der Waals surface area contributed by atoms with E-state index in [0.717, 1.165) is 28.3 Å². The molecule has 2 N–H and O–H groups in total. The lowest BCUT2D eigenvalue weighted by molar-refractivity contribution is -0.274. The van der Waals surface area contributed by atoms with Crippen molar-refractivity contribution in [2.45, 2.75) is 43.9 Å². The molecule has 190 valence electrons. The van der Waals surface area contributed by atoms with Gasteiger partial charge in [-0.05, 0) is 79.3 Å². The van der Waals surface area contributed by atoms with Crippen LogP contribution in [-0.2, 0) is 21.4 Å². The van der Waals surface area contributed by atoms with Gasteiger partial charge in [0.25, 0.3) is 0 Å². The Hall–Kier alpha value is -3.46. The minimum atomic E-state index is -4.78. The summed E-state index contributed by atoms with van der Waals surface area (Å²) >= 11 is 1.74. The summed E-state index contributed by atoms with van der Waals surface area (Å²) in [6, 6.07) is 19.8. The van der Waals surface area contributed by atoms with Crippen LogP contribution in [-0.4, -0.2) is 23.9 Å². The predicted octanol–water partition coefficient (Wildman–Crippen LogP) is 6.79. The summed E-state index contributed by atoms with van der Waals surface area (Å²) in [6.07, 6.45) is -4.53. The molecule has 5 nitrogen and oxygen atoms in total. The molecule has 0 aliphatic heterocycles. The van der Waals surface area contributed by atoms with Crippen LogP contribution in [0, 0.1) is 0 Å². The number of benzene rings is 3. The first kappa shape index (κ1) is 27.1. The minimum absolute atomic E-state index is 0.145. The lowest BCUT2D eigenvalue weighted by atomic mass is 9.83. The Morgan fingerprint density at radius 3 is 1.94 bits per heavy atom. The zero-order valence-corrected chi connectivity index (χ0v) is 20.9. The Morgan fingerprint density at radius 1 is 0.833 bits per heavy atom. The molecular weight excluding hydrogens is 489 g/mol. The number of ether oxygens (including phenoxy) is 1. The van der Waals surface area contributed by atoms with E-state index in [1.54, 1.807) is 49.9 Å². The first-order valence-corrected chi connectivity index (χ1v) is 12.2. The van der Waals surface area contributed by atoms with Gasteiger partial charge < -0.3 is 15.4 Å². The van der Waals surface area contributed by atoms with Crippen LogP contribution in [0.15, 0.2) is 77.7 Å². The number of carbonyl (C=O) groups excluding carboxylic acids is 2. The number of alkyl halides is 3. The Balaban J connectivity index is 1.58. The molecule has 0 unspecified atom stereocenters. The van der Waals surface area contributed by atoms with Gasteiger partial charge in [-0.3, -0.25) is 9.59 Å². The first-order valence-electron chi connectivity index (χ1n) is 11.3. The molecular formula is C27H27F3N2O3S. The summed E-state index contributed by atoms with van der Waals surface area (Å²) < 4.78 is 40.8. The van der Waals surface area contributed by atoms with Gasteiger partial charge in [0.15, 0.2) is 0 Å². The molecule has 0 radical (unpaired) electrons. The monoisotopic (exact) mass is 516 g/mol. The van der Waals surface area contributed by atoms with Gasteiger partial charge in [-0.2, -0.15) is 0 Å². The third-order valence-electron chi connectivity index (χ3n) is 5.40. The molecule has 0 spiro atoms. The molecule has 9 heteroatoms. The summed E-state index contributed by atoms with van der Waals surface area (Å²) in [7, 11) is 0. The molecule has 3 rings (SSSR count). The van der Waals surface area contributed by atoms with Crippen molar-refractivity contribution in [2.75, 3.05) is 16.4 Å². The van der Waals surface area contributed by atoms with Crippen LogP contribution in [0.5, 0.6) is 5.75 Å². The lowest BCUT2D eigenvalue weighted by Gasteiger charge is -2.24. The maximum atomic E-state index is 12.9. The van der Waals surface area contributed by atoms with E-state index in [9.17, 15) is 22.8 Å². The minimum Gasteiger partial charge on any atom is -0.406 e. The first-order chi connectivity index (χ1) is 17.0. The molecule has 3 aromatic rings. The average molecular weight is 517 g/mol. The lowest BCUT2D eigenvalue weighted by Crippen LogP contribution is -2.34. The molecule has 0 fully saturated rings. The number of nitrogens with one attached hydrogen (secondary N) is 2.